The Labute approximate surface area is 118 Å². The molecule has 0 radical (unpaired) electrons. The largest absolute Gasteiger partial charge is 0.352 e. The standard InChI is InChI=1S/C14H19ClN2O2/c1-9(2)10(3)17-13(18)8-16-14(19)11-5-4-6-12(15)7-11/h4-7,9-10H,8H2,1-3H3,(H,16,19)(H,17,18). The highest BCUT2D eigenvalue weighted by Gasteiger charge is 2.12. The third kappa shape index (κ3) is 5.30. The molecule has 0 aliphatic carbocycles. The summed E-state index contributed by atoms with van der Waals surface area (Å²) in [5.74, 6) is -0.154. The molecule has 0 aliphatic rings. The van der Waals surface area contributed by atoms with Crippen LogP contribution in [0.25, 0.3) is 0 Å². The highest BCUT2D eigenvalue weighted by atomic mass is 35.5. The van der Waals surface area contributed by atoms with Gasteiger partial charge in [0, 0.05) is 16.6 Å². The van der Waals surface area contributed by atoms with E-state index in [0.717, 1.165) is 0 Å². The van der Waals surface area contributed by atoms with E-state index in [1.165, 1.54) is 0 Å². The summed E-state index contributed by atoms with van der Waals surface area (Å²) in [6.45, 7) is 5.94. The lowest BCUT2D eigenvalue weighted by Gasteiger charge is -2.17. The van der Waals surface area contributed by atoms with E-state index in [9.17, 15) is 9.59 Å². The second-order valence-corrected chi connectivity index (χ2v) is 5.23. The van der Waals surface area contributed by atoms with Crippen LogP contribution in [0.1, 0.15) is 31.1 Å². The predicted molar refractivity (Wildman–Crippen MR) is 76.2 cm³/mol. The summed E-state index contributed by atoms with van der Waals surface area (Å²) in [5.41, 5.74) is 0.442. The third-order valence-corrected chi connectivity index (χ3v) is 3.12. The van der Waals surface area contributed by atoms with Crippen molar-refractivity contribution in [3.63, 3.8) is 0 Å². The van der Waals surface area contributed by atoms with Crippen LogP contribution in [0.2, 0.25) is 5.02 Å². The topological polar surface area (TPSA) is 58.2 Å². The van der Waals surface area contributed by atoms with Gasteiger partial charge in [0.1, 0.15) is 0 Å². The lowest BCUT2D eigenvalue weighted by Crippen LogP contribution is -2.42. The van der Waals surface area contributed by atoms with Gasteiger partial charge in [0.2, 0.25) is 5.91 Å². The van der Waals surface area contributed by atoms with Gasteiger partial charge in [-0.2, -0.15) is 0 Å². The fraction of sp³-hybridized carbons (Fsp3) is 0.429. The maximum Gasteiger partial charge on any atom is 0.251 e. The van der Waals surface area contributed by atoms with Gasteiger partial charge in [0.25, 0.3) is 5.91 Å². The van der Waals surface area contributed by atoms with Crippen LogP contribution in [-0.4, -0.2) is 24.4 Å². The molecule has 0 bridgehead atoms. The number of carbonyl (C=O) groups is 2. The molecule has 1 aromatic rings. The molecule has 1 aromatic carbocycles. The number of hydrogen-bond acceptors (Lipinski definition) is 2. The van der Waals surface area contributed by atoms with Crippen molar-refractivity contribution >= 4 is 23.4 Å². The number of hydrogen-bond donors (Lipinski definition) is 2. The van der Waals surface area contributed by atoms with Gasteiger partial charge in [0.15, 0.2) is 0 Å². The van der Waals surface area contributed by atoms with Gasteiger partial charge in [-0.15, -0.1) is 0 Å². The van der Waals surface area contributed by atoms with Crippen LogP contribution in [0.4, 0.5) is 0 Å². The van der Waals surface area contributed by atoms with Gasteiger partial charge >= 0.3 is 0 Å². The van der Waals surface area contributed by atoms with E-state index in [2.05, 4.69) is 10.6 Å². The molecule has 0 aliphatic heterocycles. The Bertz CT molecular complexity index is 461. The van der Waals surface area contributed by atoms with Crippen LogP contribution in [-0.2, 0) is 4.79 Å². The first-order chi connectivity index (χ1) is 8.90. The molecular weight excluding hydrogens is 264 g/mol. The van der Waals surface area contributed by atoms with Gasteiger partial charge < -0.3 is 10.6 Å². The zero-order valence-corrected chi connectivity index (χ0v) is 12.1. The third-order valence-electron chi connectivity index (χ3n) is 2.88. The second kappa shape index (κ2) is 7.14. The molecule has 1 unspecified atom stereocenters. The van der Waals surface area contributed by atoms with Crippen LogP contribution in [0.15, 0.2) is 24.3 Å². The Balaban J connectivity index is 2.44. The molecule has 0 spiro atoms. The zero-order valence-electron chi connectivity index (χ0n) is 11.4. The molecule has 2 N–H and O–H groups in total. The Hall–Kier alpha value is -1.55. The Morgan fingerprint density at radius 3 is 2.53 bits per heavy atom. The summed E-state index contributed by atoms with van der Waals surface area (Å²) in [6.07, 6.45) is 0. The van der Waals surface area contributed by atoms with Gasteiger partial charge in [0.05, 0.1) is 6.54 Å². The van der Waals surface area contributed by atoms with Crippen LogP contribution >= 0.6 is 11.6 Å². The number of carbonyl (C=O) groups excluding carboxylic acids is 2. The summed E-state index contributed by atoms with van der Waals surface area (Å²) >= 11 is 5.80. The Kier molecular flexibility index (Phi) is 5.83. The monoisotopic (exact) mass is 282 g/mol. The van der Waals surface area contributed by atoms with Crippen molar-refractivity contribution in [2.24, 2.45) is 5.92 Å². The van der Waals surface area contributed by atoms with Crippen molar-refractivity contribution in [3.8, 4) is 0 Å². The SMILES string of the molecule is CC(C)C(C)NC(=O)CNC(=O)c1cccc(Cl)c1. The Morgan fingerprint density at radius 1 is 1.26 bits per heavy atom. The molecule has 0 saturated heterocycles. The van der Waals surface area contributed by atoms with Crippen LogP contribution in [0.5, 0.6) is 0 Å². The lowest BCUT2D eigenvalue weighted by atomic mass is 10.1. The fourth-order valence-corrected chi connectivity index (χ4v) is 1.55. The van der Waals surface area contributed by atoms with Crippen molar-refractivity contribution in [1.82, 2.24) is 10.6 Å². The molecular formula is C14H19ClN2O2. The number of rotatable bonds is 5. The fourth-order valence-electron chi connectivity index (χ4n) is 1.36. The normalized spacial score (nSPS) is 12.1. The molecule has 2 amide bonds. The molecule has 0 aromatic heterocycles. The van der Waals surface area contributed by atoms with Crippen molar-refractivity contribution in [2.75, 3.05) is 6.54 Å². The maximum atomic E-state index is 11.8. The lowest BCUT2D eigenvalue weighted by molar-refractivity contribution is -0.121. The first-order valence-corrected chi connectivity index (χ1v) is 6.61. The van der Waals surface area contributed by atoms with Crippen LogP contribution in [0, 0.1) is 5.92 Å². The molecule has 0 fully saturated rings. The molecule has 4 nitrogen and oxygen atoms in total. The number of nitrogens with one attached hydrogen (secondary N) is 2. The predicted octanol–water partition coefficient (Wildman–Crippen LogP) is 2.23. The summed E-state index contributed by atoms with van der Waals surface area (Å²) in [7, 11) is 0. The van der Waals surface area contributed by atoms with Crippen molar-refractivity contribution in [1.29, 1.82) is 0 Å². The van der Waals surface area contributed by atoms with Crippen molar-refractivity contribution in [2.45, 2.75) is 26.8 Å². The van der Waals surface area contributed by atoms with Crippen molar-refractivity contribution in [3.05, 3.63) is 34.9 Å². The first-order valence-electron chi connectivity index (χ1n) is 6.23. The molecule has 0 heterocycles. The maximum absolute atomic E-state index is 11.8. The molecule has 1 rings (SSSR count). The summed E-state index contributed by atoms with van der Waals surface area (Å²) in [6, 6.07) is 6.67. The summed E-state index contributed by atoms with van der Waals surface area (Å²) < 4.78 is 0. The van der Waals surface area contributed by atoms with E-state index < -0.39 is 0 Å². The van der Waals surface area contributed by atoms with E-state index in [0.29, 0.717) is 16.5 Å². The van der Waals surface area contributed by atoms with Crippen LogP contribution < -0.4 is 10.6 Å². The molecule has 0 saturated carbocycles. The molecule has 1 atom stereocenters. The number of halogens is 1. The average Bonchev–Trinajstić information content (AvgIpc) is 2.35. The van der Waals surface area contributed by atoms with E-state index in [4.69, 9.17) is 11.6 Å². The van der Waals surface area contributed by atoms with Crippen molar-refractivity contribution < 1.29 is 9.59 Å². The van der Waals surface area contributed by atoms with E-state index in [-0.39, 0.29) is 24.4 Å². The van der Waals surface area contributed by atoms with Gasteiger partial charge in [-0.25, -0.2) is 0 Å². The average molecular weight is 283 g/mol. The second-order valence-electron chi connectivity index (χ2n) is 4.79. The smallest absolute Gasteiger partial charge is 0.251 e. The van der Waals surface area contributed by atoms with Gasteiger partial charge in [-0.05, 0) is 31.0 Å². The molecule has 19 heavy (non-hydrogen) atoms. The number of amides is 2. The molecule has 104 valence electrons. The minimum atomic E-state index is -0.310. The first kappa shape index (κ1) is 15.5. The van der Waals surface area contributed by atoms with E-state index in [1.807, 2.05) is 20.8 Å². The van der Waals surface area contributed by atoms with Gasteiger partial charge in [-0.3, -0.25) is 9.59 Å². The highest BCUT2D eigenvalue weighted by molar-refractivity contribution is 6.30. The Morgan fingerprint density at radius 2 is 1.95 bits per heavy atom. The quantitative estimate of drug-likeness (QED) is 0.870. The minimum Gasteiger partial charge on any atom is -0.352 e. The molecule has 5 heteroatoms. The minimum absolute atomic E-state index is 0.0393. The van der Waals surface area contributed by atoms with Crippen LogP contribution in [0.3, 0.4) is 0 Å². The highest BCUT2D eigenvalue weighted by Crippen LogP contribution is 2.10. The van der Waals surface area contributed by atoms with E-state index >= 15 is 0 Å². The summed E-state index contributed by atoms with van der Waals surface area (Å²) in [5, 5.41) is 5.87. The summed E-state index contributed by atoms with van der Waals surface area (Å²) in [4.78, 5) is 23.4. The van der Waals surface area contributed by atoms with Gasteiger partial charge in [-0.1, -0.05) is 31.5 Å². The number of benzene rings is 1. The zero-order chi connectivity index (χ0) is 14.4. The van der Waals surface area contributed by atoms with E-state index in [1.54, 1.807) is 24.3 Å².